The lowest BCUT2D eigenvalue weighted by molar-refractivity contribution is -0.138. The van der Waals surface area contributed by atoms with Crippen LogP contribution in [0.2, 0.25) is 0 Å². The fourth-order valence-electron chi connectivity index (χ4n) is 5.19. The zero-order valence-corrected chi connectivity index (χ0v) is 24.7. The molecule has 0 fully saturated rings. The van der Waals surface area contributed by atoms with E-state index in [1.165, 1.54) is 40.8 Å². The number of fused-ring (bicyclic) bond motifs is 3. The maximum Gasteiger partial charge on any atom is 0.417 e. The summed E-state index contributed by atoms with van der Waals surface area (Å²) in [5, 5.41) is 15.2. The van der Waals surface area contributed by atoms with E-state index in [1.54, 1.807) is 17.6 Å². The minimum absolute atomic E-state index is 0.0383. The van der Waals surface area contributed by atoms with Crippen molar-refractivity contribution in [2.45, 2.75) is 52.4 Å². The summed E-state index contributed by atoms with van der Waals surface area (Å²) >= 11 is 2.92. The van der Waals surface area contributed by atoms with Gasteiger partial charge in [-0.3, -0.25) is 14.4 Å². The molecule has 4 aromatic rings. The number of carbonyl (C=O) groups excluding carboxylic acids is 2. The minimum Gasteiger partial charge on any atom is -0.354 e. The molecule has 10 nitrogen and oxygen atoms in total. The predicted octanol–water partition coefficient (Wildman–Crippen LogP) is 4.20. The fourth-order valence-corrected chi connectivity index (χ4v) is 5.66. The molecular weight excluding hydrogens is 619 g/mol. The van der Waals surface area contributed by atoms with E-state index >= 15 is 0 Å². The van der Waals surface area contributed by atoms with Crippen molar-refractivity contribution in [1.82, 2.24) is 34.6 Å². The van der Waals surface area contributed by atoms with Gasteiger partial charge >= 0.3 is 6.18 Å². The average molecular weight is 646 g/mol. The number of hydrogen-bond donors (Lipinski definition) is 1. The topological polar surface area (TPSA) is 114 Å². The standard InChI is InChI=1S/C28H27BrF3N7O3/c1-14(2)9-17-12-34-39-22-13-37(26(41)16-5-6-20(29)19(11-16)28(30,31)32)15(3)10-18(22)27(42)38(25(17)39)23-8-7-21(35-36-23)24(40)33-4/h5-8,11-12,14-15H,9-10,13H2,1-4H3,(H,33,40)/t15-/m1/s1. The number of nitrogens with one attached hydrogen (secondary N) is 1. The van der Waals surface area contributed by atoms with Crippen LogP contribution in [-0.4, -0.2) is 54.2 Å². The van der Waals surface area contributed by atoms with Gasteiger partial charge in [-0.05, 0) is 56.0 Å². The summed E-state index contributed by atoms with van der Waals surface area (Å²) < 4.78 is 43.5. The molecule has 1 aromatic carbocycles. The number of benzene rings is 1. The molecule has 0 spiro atoms. The van der Waals surface area contributed by atoms with Gasteiger partial charge in [-0.2, -0.15) is 18.3 Å². The highest BCUT2D eigenvalue weighted by molar-refractivity contribution is 9.10. The van der Waals surface area contributed by atoms with Crippen LogP contribution in [0.1, 0.15) is 64.0 Å². The van der Waals surface area contributed by atoms with Gasteiger partial charge in [0.25, 0.3) is 17.4 Å². The Balaban J connectivity index is 1.64. The van der Waals surface area contributed by atoms with Crippen molar-refractivity contribution < 1.29 is 22.8 Å². The Morgan fingerprint density at radius 2 is 1.90 bits per heavy atom. The Hall–Kier alpha value is -4.07. The monoisotopic (exact) mass is 645 g/mol. The molecule has 0 aliphatic carbocycles. The van der Waals surface area contributed by atoms with Gasteiger partial charge in [-0.1, -0.05) is 29.8 Å². The first-order chi connectivity index (χ1) is 19.8. The summed E-state index contributed by atoms with van der Waals surface area (Å²) in [4.78, 5) is 41.1. The quantitative estimate of drug-likeness (QED) is 0.348. The van der Waals surface area contributed by atoms with E-state index in [9.17, 15) is 27.6 Å². The third-order valence-electron chi connectivity index (χ3n) is 7.19. The van der Waals surface area contributed by atoms with Crippen LogP contribution in [0.5, 0.6) is 0 Å². The van der Waals surface area contributed by atoms with E-state index in [1.807, 2.05) is 13.8 Å². The Morgan fingerprint density at radius 1 is 1.17 bits per heavy atom. The third kappa shape index (κ3) is 5.19. The molecular formula is C28H27BrF3N7O3. The zero-order valence-electron chi connectivity index (χ0n) is 23.2. The maximum absolute atomic E-state index is 14.1. The van der Waals surface area contributed by atoms with Crippen molar-refractivity contribution in [3.63, 3.8) is 0 Å². The summed E-state index contributed by atoms with van der Waals surface area (Å²) in [6.45, 7) is 5.75. The molecule has 1 atom stereocenters. The first-order valence-corrected chi connectivity index (χ1v) is 14.0. The van der Waals surface area contributed by atoms with Gasteiger partial charge in [0, 0.05) is 34.3 Å². The summed E-state index contributed by atoms with van der Waals surface area (Å²) in [6, 6.07) is 5.88. The first kappa shape index (κ1) is 29.4. The molecule has 0 bridgehead atoms. The molecule has 1 aliphatic heterocycles. The lowest BCUT2D eigenvalue weighted by Gasteiger charge is -2.35. The smallest absolute Gasteiger partial charge is 0.354 e. The Bertz CT molecular complexity index is 1760. The van der Waals surface area contributed by atoms with Crippen LogP contribution in [0.25, 0.3) is 11.5 Å². The van der Waals surface area contributed by atoms with Gasteiger partial charge in [0.2, 0.25) is 0 Å². The summed E-state index contributed by atoms with van der Waals surface area (Å²) in [5.74, 6) is -0.591. The molecule has 0 saturated carbocycles. The highest BCUT2D eigenvalue weighted by Gasteiger charge is 2.36. The molecule has 42 heavy (non-hydrogen) atoms. The van der Waals surface area contributed by atoms with Crippen LogP contribution in [0.4, 0.5) is 13.2 Å². The summed E-state index contributed by atoms with van der Waals surface area (Å²) in [6.07, 6.45) is -2.26. The number of halogens is 4. The van der Waals surface area contributed by atoms with Crippen LogP contribution in [0.15, 0.2) is 45.8 Å². The van der Waals surface area contributed by atoms with E-state index in [-0.39, 0.29) is 46.0 Å². The Morgan fingerprint density at radius 3 is 2.52 bits per heavy atom. The molecule has 1 N–H and O–H groups in total. The zero-order chi connectivity index (χ0) is 30.5. The average Bonchev–Trinajstić information content (AvgIpc) is 3.34. The maximum atomic E-state index is 14.1. The van der Waals surface area contributed by atoms with Crippen molar-refractivity contribution in [3.8, 4) is 5.82 Å². The Labute approximate surface area is 246 Å². The molecule has 5 rings (SSSR count). The van der Waals surface area contributed by atoms with E-state index in [2.05, 4.69) is 36.5 Å². The van der Waals surface area contributed by atoms with Crippen LogP contribution >= 0.6 is 15.9 Å². The van der Waals surface area contributed by atoms with Gasteiger partial charge in [0.15, 0.2) is 11.5 Å². The molecule has 0 radical (unpaired) electrons. The molecule has 3 aromatic heterocycles. The van der Waals surface area contributed by atoms with Crippen molar-refractivity contribution in [1.29, 1.82) is 0 Å². The number of aromatic nitrogens is 5. The highest BCUT2D eigenvalue weighted by Crippen LogP contribution is 2.36. The molecule has 2 amide bonds. The fraction of sp³-hybridized carbons (Fsp3) is 0.357. The van der Waals surface area contributed by atoms with E-state index in [0.29, 0.717) is 23.3 Å². The Kier molecular flexibility index (Phi) is 7.68. The van der Waals surface area contributed by atoms with Crippen molar-refractivity contribution >= 4 is 33.4 Å². The van der Waals surface area contributed by atoms with Crippen molar-refractivity contribution in [2.24, 2.45) is 5.92 Å². The van der Waals surface area contributed by atoms with Crippen LogP contribution < -0.4 is 10.9 Å². The van der Waals surface area contributed by atoms with Gasteiger partial charge in [0.05, 0.1) is 24.0 Å². The molecule has 0 saturated heterocycles. The number of carbonyl (C=O) groups is 2. The number of alkyl halides is 3. The van der Waals surface area contributed by atoms with Gasteiger partial charge in [-0.15, -0.1) is 10.2 Å². The lowest BCUT2D eigenvalue weighted by Crippen LogP contribution is -2.46. The predicted molar refractivity (Wildman–Crippen MR) is 150 cm³/mol. The molecule has 1 aliphatic rings. The lowest BCUT2D eigenvalue weighted by atomic mass is 9.97. The normalized spacial score (nSPS) is 15.3. The van der Waals surface area contributed by atoms with Gasteiger partial charge < -0.3 is 10.2 Å². The number of rotatable bonds is 5. The van der Waals surface area contributed by atoms with Crippen LogP contribution in [0, 0.1) is 5.92 Å². The highest BCUT2D eigenvalue weighted by atomic mass is 79.9. The molecule has 220 valence electrons. The SMILES string of the molecule is CNC(=O)c1ccc(-n2c(=O)c3c(n4ncc(CC(C)C)c24)CN(C(=O)c2ccc(Br)c(C(F)(F)F)c2)[C@H](C)C3)nn1. The van der Waals surface area contributed by atoms with E-state index in [0.717, 1.165) is 11.6 Å². The minimum atomic E-state index is -4.64. The number of hydrogen-bond acceptors (Lipinski definition) is 6. The number of nitrogens with zero attached hydrogens (tertiary/aromatic N) is 6. The van der Waals surface area contributed by atoms with Crippen molar-refractivity contribution in [2.75, 3.05) is 7.05 Å². The first-order valence-electron chi connectivity index (χ1n) is 13.2. The molecule has 0 unspecified atom stereocenters. The van der Waals surface area contributed by atoms with E-state index < -0.39 is 29.6 Å². The van der Waals surface area contributed by atoms with Crippen molar-refractivity contribution in [3.05, 3.63) is 85.0 Å². The second-order valence-electron chi connectivity index (χ2n) is 10.6. The molecule has 4 heterocycles. The van der Waals surface area contributed by atoms with E-state index in [4.69, 9.17) is 0 Å². The summed E-state index contributed by atoms with van der Waals surface area (Å²) in [5.41, 5.74) is 0.741. The third-order valence-corrected chi connectivity index (χ3v) is 7.88. The largest absolute Gasteiger partial charge is 0.417 e. The van der Waals surface area contributed by atoms with Gasteiger partial charge in [0.1, 0.15) is 5.65 Å². The molecule has 14 heteroatoms. The van der Waals surface area contributed by atoms with Crippen LogP contribution in [-0.2, 0) is 25.6 Å². The second-order valence-corrected chi connectivity index (χ2v) is 11.5. The van der Waals surface area contributed by atoms with Gasteiger partial charge in [-0.25, -0.2) is 9.08 Å². The van der Waals surface area contributed by atoms with Crippen LogP contribution in [0.3, 0.4) is 0 Å². The second kappa shape index (κ2) is 11.0. The summed E-state index contributed by atoms with van der Waals surface area (Å²) in [7, 11) is 1.47. The number of amides is 2.